The van der Waals surface area contributed by atoms with Crippen molar-refractivity contribution in [1.82, 2.24) is 0 Å². The SMILES string of the molecule is CCO/N=C/c1cccc(-c2cc(=O)c3ccccc3o2)c1. The molecular weight excluding hydrogens is 278 g/mol. The largest absolute Gasteiger partial charge is 0.456 e. The van der Waals surface area contributed by atoms with Crippen molar-refractivity contribution < 1.29 is 9.25 Å². The molecule has 0 bridgehead atoms. The molecule has 0 N–H and O–H groups in total. The molecule has 4 nitrogen and oxygen atoms in total. The van der Waals surface area contributed by atoms with Crippen LogP contribution in [0.25, 0.3) is 22.3 Å². The number of nitrogens with zero attached hydrogens (tertiary/aromatic N) is 1. The molecule has 0 saturated heterocycles. The zero-order valence-corrected chi connectivity index (χ0v) is 12.2. The lowest BCUT2D eigenvalue weighted by Gasteiger charge is -2.04. The number of fused-ring (bicyclic) bond motifs is 1. The summed E-state index contributed by atoms with van der Waals surface area (Å²) in [6.45, 7) is 2.40. The molecule has 0 aliphatic heterocycles. The van der Waals surface area contributed by atoms with Crippen LogP contribution < -0.4 is 5.43 Å². The van der Waals surface area contributed by atoms with Crippen LogP contribution in [0.5, 0.6) is 0 Å². The average molecular weight is 293 g/mol. The Bertz CT molecular complexity index is 881. The molecule has 0 aliphatic carbocycles. The zero-order chi connectivity index (χ0) is 15.4. The van der Waals surface area contributed by atoms with Gasteiger partial charge < -0.3 is 9.25 Å². The molecule has 0 aliphatic rings. The van der Waals surface area contributed by atoms with Crippen LogP contribution in [-0.2, 0) is 4.84 Å². The van der Waals surface area contributed by atoms with Gasteiger partial charge >= 0.3 is 0 Å². The summed E-state index contributed by atoms with van der Waals surface area (Å²) in [7, 11) is 0. The fraction of sp³-hybridized carbons (Fsp3) is 0.111. The Balaban J connectivity index is 2.04. The van der Waals surface area contributed by atoms with Crippen molar-refractivity contribution in [3.8, 4) is 11.3 Å². The summed E-state index contributed by atoms with van der Waals surface area (Å²) < 4.78 is 5.83. The second kappa shape index (κ2) is 6.26. The quantitative estimate of drug-likeness (QED) is 0.542. The van der Waals surface area contributed by atoms with Gasteiger partial charge in [0.25, 0.3) is 0 Å². The van der Waals surface area contributed by atoms with Gasteiger partial charge in [-0.05, 0) is 30.7 Å². The fourth-order valence-corrected chi connectivity index (χ4v) is 2.19. The smallest absolute Gasteiger partial charge is 0.193 e. The van der Waals surface area contributed by atoms with Crippen molar-refractivity contribution in [1.29, 1.82) is 0 Å². The Labute approximate surface area is 127 Å². The topological polar surface area (TPSA) is 51.8 Å². The molecule has 0 atom stereocenters. The van der Waals surface area contributed by atoms with Crippen molar-refractivity contribution in [2.24, 2.45) is 5.16 Å². The van der Waals surface area contributed by atoms with E-state index in [2.05, 4.69) is 5.16 Å². The minimum Gasteiger partial charge on any atom is -0.456 e. The van der Waals surface area contributed by atoms with Crippen LogP contribution in [0.3, 0.4) is 0 Å². The Kier molecular flexibility index (Phi) is 4.01. The van der Waals surface area contributed by atoms with Gasteiger partial charge in [-0.15, -0.1) is 0 Å². The molecule has 3 rings (SSSR count). The van der Waals surface area contributed by atoms with Crippen LogP contribution in [0.2, 0.25) is 0 Å². The highest BCUT2D eigenvalue weighted by Crippen LogP contribution is 2.22. The predicted molar refractivity (Wildman–Crippen MR) is 87.1 cm³/mol. The molecule has 2 aromatic carbocycles. The molecule has 3 aromatic rings. The molecule has 0 fully saturated rings. The van der Waals surface area contributed by atoms with E-state index in [1.165, 1.54) is 6.07 Å². The van der Waals surface area contributed by atoms with E-state index < -0.39 is 0 Å². The molecule has 110 valence electrons. The van der Waals surface area contributed by atoms with E-state index in [1.54, 1.807) is 18.3 Å². The highest BCUT2D eigenvalue weighted by molar-refractivity contribution is 5.83. The second-order valence-corrected chi connectivity index (χ2v) is 4.75. The van der Waals surface area contributed by atoms with Crippen LogP contribution in [0.1, 0.15) is 12.5 Å². The molecule has 0 radical (unpaired) electrons. The summed E-state index contributed by atoms with van der Waals surface area (Å²) in [5, 5.41) is 4.43. The van der Waals surface area contributed by atoms with Gasteiger partial charge in [0, 0.05) is 11.6 Å². The Morgan fingerprint density at radius 2 is 2.00 bits per heavy atom. The fourth-order valence-electron chi connectivity index (χ4n) is 2.19. The van der Waals surface area contributed by atoms with Crippen molar-refractivity contribution in [2.75, 3.05) is 6.61 Å². The summed E-state index contributed by atoms with van der Waals surface area (Å²) in [6, 6.07) is 16.3. The van der Waals surface area contributed by atoms with Gasteiger partial charge in [0.15, 0.2) is 5.43 Å². The third kappa shape index (κ3) is 2.91. The van der Waals surface area contributed by atoms with E-state index in [1.807, 2.05) is 43.3 Å². The first-order valence-corrected chi connectivity index (χ1v) is 7.06. The normalized spacial score (nSPS) is 11.1. The maximum absolute atomic E-state index is 12.2. The number of benzene rings is 2. The summed E-state index contributed by atoms with van der Waals surface area (Å²) in [4.78, 5) is 17.1. The molecule has 1 aromatic heterocycles. The number of para-hydroxylation sites is 1. The zero-order valence-electron chi connectivity index (χ0n) is 12.2. The van der Waals surface area contributed by atoms with Gasteiger partial charge in [0.05, 0.1) is 11.6 Å². The van der Waals surface area contributed by atoms with Crippen LogP contribution in [0.15, 0.2) is 69.0 Å². The molecular formula is C18H15NO3. The molecule has 0 saturated carbocycles. The van der Waals surface area contributed by atoms with Crippen molar-refractivity contribution in [3.05, 3.63) is 70.4 Å². The van der Waals surface area contributed by atoms with Gasteiger partial charge in [-0.3, -0.25) is 4.79 Å². The maximum Gasteiger partial charge on any atom is 0.193 e. The van der Waals surface area contributed by atoms with Crippen LogP contribution in [-0.4, -0.2) is 12.8 Å². The lowest BCUT2D eigenvalue weighted by molar-refractivity contribution is 0.160. The van der Waals surface area contributed by atoms with Gasteiger partial charge in [-0.25, -0.2) is 0 Å². The summed E-state index contributed by atoms with van der Waals surface area (Å²) in [5.74, 6) is 0.537. The first kappa shape index (κ1) is 14.1. The number of hydrogen-bond donors (Lipinski definition) is 0. The van der Waals surface area contributed by atoms with Crippen molar-refractivity contribution in [2.45, 2.75) is 6.92 Å². The molecule has 1 heterocycles. The van der Waals surface area contributed by atoms with E-state index in [0.29, 0.717) is 23.3 Å². The number of hydrogen-bond acceptors (Lipinski definition) is 4. The highest BCUT2D eigenvalue weighted by Gasteiger charge is 2.06. The lowest BCUT2D eigenvalue weighted by atomic mass is 10.1. The minimum atomic E-state index is -0.0507. The standard InChI is InChI=1S/C18H15NO3/c1-2-21-19-12-13-6-5-7-14(10-13)18-11-16(20)15-8-3-4-9-17(15)22-18/h3-12H,2H2,1H3/b19-12+. The molecule has 4 heteroatoms. The van der Waals surface area contributed by atoms with E-state index in [9.17, 15) is 4.79 Å². The van der Waals surface area contributed by atoms with E-state index in [4.69, 9.17) is 9.25 Å². The predicted octanol–water partition coefficient (Wildman–Crippen LogP) is 3.83. The Morgan fingerprint density at radius 3 is 2.86 bits per heavy atom. The van der Waals surface area contributed by atoms with E-state index in [0.717, 1.165) is 11.1 Å². The van der Waals surface area contributed by atoms with Gasteiger partial charge in [-0.2, -0.15) is 0 Å². The summed E-state index contributed by atoms with van der Waals surface area (Å²) in [5.41, 5.74) is 2.23. The summed E-state index contributed by atoms with van der Waals surface area (Å²) >= 11 is 0. The molecule has 0 spiro atoms. The second-order valence-electron chi connectivity index (χ2n) is 4.75. The van der Waals surface area contributed by atoms with Crippen LogP contribution in [0, 0.1) is 0 Å². The van der Waals surface area contributed by atoms with Crippen molar-refractivity contribution in [3.63, 3.8) is 0 Å². The highest BCUT2D eigenvalue weighted by atomic mass is 16.6. The van der Waals surface area contributed by atoms with Gasteiger partial charge in [0.2, 0.25) is 0 Å². The molecule has 22 heavy (non-hydrogen) atoms. The Morgan fingerprint density at radius 1 is 1.14 bits per heavy atom. The third-order valence-corrected chi connectivity index (χ3v) is 3.21. The first-order valence-electron chi connectivity index (χ1n) is 7.06. The monoisotopic (exact) mass is 293 g/mol. The first-order chi connectivity index (χ1) is 10.8. The molecule has 0 amide bonds. The molecule has 0 unspecified atom stereocenters. The lowest BCUT2D eigenvalue weighted by Crippen LogP contribution is -2.00. The number of rotatable bonds is 4. The maximum atomic E-state index is 12.2. The Hall–Kier alpha value is -2.88. The average Bonchev–Trinajstić information content (AvgIpc) is 2.55. The van der Waals surface area contributed by atoms with Gasteiger partial charge in [-0.1, -0.05) is 35.5 Å². The van der Waals surface area contributed by atoms with E-state index in [-0.39, 0.29) is 5.43 Å². The van der Waals surface area contributed by atoms with Crippen molar-refractivity contribution >= 4 is 17.2 Å². The van der Waals surface area contributed by atoms with Gasteiger partial charge in [0.1, 0.15) is 18.0 Å². The number of oxime groups is 1. The third-order valence-electron chi connectivity index (χ3n) is 3.21. The minimum absolute atomic E-state index is 0.0507. The summed E-state index contributed by atoms with van der Waals surface area (Å²) in [6.07, 6.45) is 1.63. The van der Waals surface area contributed by atoms with Crippen LogP contribution >= 0.6 is 0 Å². The van der Waals surface area contributed by atoms with E-state index >= 15 is 0 Å². The van der Waals surface area contributed by atoms with Crippen LogP contribution in [0.4, 0.5) is 0 Å².